The van der Waals surface area contributed by atoms with Crippen molar-refractivity contribution in [2.75, 3.05) is 0 Å². The van der Waals surface area contributed by atoms with Gasteiger partial charge < -0.3 is 0 Å². The second-order valence-corrected chi connectivity index (χ2v) is 6.22. The molecule has 1 heterocycles. The summed E-state index contributed by atoms with van der Waals surface area (Å²) in [5.74, 6) is 0.0756. The highest BCUT2D eigenvalue weighted by molar-refractivity contribution is 6.31. The zero-order valence-corrected chi connectivity index (χ0v) is 12.9. The monoisotopic (exact) mass is 302 g/mol. The van der Waals surface area contributed by atoms with Gasteiger partial charge in [-0.05, 0) is 43.5 Å². The predicted molar refractivity (Wildman–Crippen MR) is 84.0 cm³/mol. The number of aryl methyl sites for hydroxylation is 1. The minimum Gasteiger partial charge on any atom is -0.294 e. The topological polar surface area (TPSA) is 34.9 Å². The summed E-state index contributed by atoms with van der Waals surface area (Å²) in [6.07, 6.45) is 7.29. The van der Waals surface area contributed by atoms with Crippen molar-refractivity contribution in [3.63, 3.8) is 0 Å². The van der Waals surface area contributed by atoms with Crippen molar-refractivity contribution in [2.24, 2.45) is 0 Å². The van der Waals surface area contributed by atoms with Crippen molar-refractivity contribution in [1.29, 1.82) is 0 Å². The number of hydrogen-bond donors (Lipinski definition) is 0. The number of aromatic nitrogens is 2. The minimum absolute atomic E-state index is 0.0756. The van der Waals surface area contributed by atoms with E-state index in [1.165, 1.54) is 25.7 Å². The van der Waals surface area contributed by atoms with Crippen molar-refractivity contribution in [3.05, 3.63) is 52.3 Å². The van der Waals surface area contributed by atoms with Gasteiger partial charge in [0, 0.05) is 16.8 Å². The third-order valence-corrected chi connectivity index (χ3v) is 4.44. The molecule has 2 aromatic rings. The van der Waals surface area contributed by atoms with E-state index in [-0.39, 0.29) is 5.78 Å². The van der Waals surface area contributed by atoms with E-state index in [1.807, 2.05) is 36.0 Å². The van der Waals surface area contributed by atoms with Gasteiger partial charge in [0.2, 0.25) is 0 Å². The van der Waals surface area contributed by atoms with Crippen LogP contribution in [0.15, 0.2) is 30.5 Å². The van der Waals surface area contributed by atoms with Crippen LogP contribution in [0.3, 0.4) is 0 Å². The number of carbonyl (C=O) groups is 1. The van der Waals surface area contributed by atoms with Crippen LogP contribution in [0, 0.1) is 6.92 Å². The van der Waals surface area contributed by atoms with Gasteiger partial charge in [-0.15, -0.1) is 0 Å². The summed E-state index contributed by atoms with van der Waals surface area (Å²) in [6, 6.07) is 7.90. The molecule has 1 saturated carbocycles. The van der Waals surface area contributed by atoms with Crippen molar-refractivity contribution < 1.29 is 4.79 Å². The summed E-state index contributed by atoms with van der Waals surface area (Å²) >= 11 is 5.98. The van der Waals surface area contributed by atoms with Crippen LogP contribution in [0.5, 0.6) is 0 Å². The lowest BCUT2D eigenvalue weighted by molar-refractivity contribution is 0.0991. The van der Waals surface area contributed by atoms with Crippen LogP contribution in [0.4, 0.5) is 0 Å². The standard InChI is InChI=1S/C17H19ClN2O/c1-12-6-7-13(18)10-16(12)17(21)11-14-8-9-20(19-14)15-4-2-3-5-15/h6-10,15H,2-5,11H2,1H3. The Hall–Kier alpha value is -1.61. The maximum atomic E-state index is 12.4. The fourth-order valence-electron chi connectivity index (χ4n) is 3.00. The molecule has 0 atom stereocenters. The summed E-state index contributed by atoms with van der Waals surface area (Å²) in [5.41, 5.74) is 2.49. The summed E-state index contributed by atoms with van der Waals surface area (Å²) in [7, 11) is 0. The molecule has 1 aliphatic carbocycles. The van der Waals surface area contributed by atoms with Crippen LogP contribution in [0.1, 0.15) is 53.3 Å². The second kappa shape index (κ2) is 6.02. The van der Waals surface area contributed by atoms with E-state index in [0.717, 1.165) is 11.3 Å². The van der Waals surface area contributed by atoms with Crippen molar-refractivity contribution in [2.45, 2.75) is 45.1 Å². The Balaban J connectivity index is 1.74. The Labute approximate surface area is 129 Å². The van der Waals surface area contributed by atoms with Crippen LogP contribution in [0.2, 0.25) is 5.02 Å². The SMILES string of the molecule is Cc1ccc(Cl)cc1C(=O)Cc1ccn(C2CCCC2)n1. The first-order valence-corrected chi connectivity index (χ1v) is 7.84. The molecule has 3 rings (SSSR count). The Morgan fingerprint density at radius 1 is 1.33 bits per heavy atom. The fourth-order valence-corrected chi connectivity index (χ4v) is 3.17. The van der Waals surface area contributed by atoms with Gasteiger partial charge in [-0.3, -0.25) is 9.48 Å². The van der Waals surface area contributed by atoms with Gasteiger partial charge >= 0.3 is 0 Å². The number of benzene rings is 1. The maximum absolute atomic E-state index is 12.4. The molecule has 0 radical (unpaired) electrons. The smallest absolute Gasteiger partial charge is 0.169 e. The molecule has 1 aromatic heterocycles. The molecule has 0 unspecified atom stereocenters. The van der Waals surface area contributed by atoms with Gasteiger partial charge in [0.1, 0.15) is 0 Å². The van der Waals surface area contributed by atoms with Gasteiger partial charge in [-0.25, -0.2) is 0 Å². The average Bonchev–Trinajstić information content (AvgIpc) is 3.11. The third-order valence-electron chi connectivity index (χ3n) is 4.20. The largest absolute Gasteiger partial charge is 0.294 e. The Morgan fingerprint density at radius 3 is 2.86 bits per heavy atom. The predicted octanol–water partition coefficient (Wildman–Crippen LogP) is 4.39. The van der Waals surface area contributed by atoms with E-state index in [4.69, 9.17) is 11.6 Å². The lowest BCUT2D eigenvalue weighted by atomic mass is 10.0. The van der Waals surface area contributed by atoms with Crippen LogP contribution < -0.4 is 0 Å². The minimum atomic E-state index is 0.0756. The number of halogens is 1. The maximum Gasteiger partial charge on any atom is 0.169 e. The average molecular weight is 303 g/mol. The van der Waals surface area contributed by atoms with Gasteiger partial charge in [0.25, 0.3) is 0 Å². The zero-order valence-electron chi connectivity index (χ0n) is 12.2. The first-order chi connectivity index (χ1) is 10.1. The number of ketones is 1. The van der Waals surface area contributed by atoms with E-state index < -0.39 is 0 Å². The van der Waals surface area contributed by atoms with E-state index in [1.54, 1.807) is 6.07 Å². The van der Waals surface area contributed by atoms with E-state index in [0.29, 0.717) is 23.0 Å². The molecule has 1 aliphatic rings. The van der Waals surface area contributed by atoms with Crippen molar-refractivity contribution in [3.8, 4) is 0 Å². The first-order valence-electron chi connectivity index (χ1n) is 7.47. The number of carbonyl (C=O) groups excluding carboxylic acids is 1. The second-order valence-electron chi connectivity index (χ2n) is 5.78. The molecule has 1 fully saturated rings. The van der Waals surface area contributed by atoms with E-state index >= 15 is 0 Å². The molecule has 0 saturated heterocycles. The highest BCUT2D eigenvalue weighted by Crippen LogP contribution is 2.28. The molecule has 0 spiro atoms. The number of nitrogens with zero attached hydrogens (tertiary/aromatic N) is 2. The first kappa shape index (κ1) is 14.3. The molecule has 0 amide bonds. The molecular weight excluding hydrogens is 284 g/mol. The molecule has 3 nitrogen and oxygen atoms in total. The molecule has 0 N–H and O–H groups in total. The van der Waals surface area contributed by atoms with Crippen LogP contribution in [-0.4, -0.2) is 15.6 Å². The lowest BCUT2D eigenvalue weighted by Crippen LogP contribution is -2.09. The summed E-state index contributed by atoms with van der Waals surface area (Å²) in [6.45, 7) is 1.93. The summed E-state index contributed by atoms with van der Waals surface area (Å²) in [4.78, 5) is 12.4. The molecular formula is C17H19ClN2O. The number of hydrogen-bond acceptors (Lipinski definition) is 2. The van der Waals surface area contributed by atoms with Crippen molar-refractivity contribution >= 4 is 17.4 Å². The molecule has 1 aromatic carbocycles. The molecule has 4 heteroatoms. The molecule has 21 heavy (non-hydrogen) atoms. The molecule has 0 aliphatic heterocycles. The zero-order chi connectivity index (χ0) is 14.8. The highest BCUT2D eigenvalue weighted by Gasteiger charge is 2.18. The van der Waals surface area contributed by atoms with Gasteiger partial charge in [-0.2, -0.15) is 5.10 Å². The molecule has 110 valence electrons. The Kier molecular flexibility index (Phi) is 4.11. The number of Topliss-reactive ketones (excluding diaryl/α,β-unsaturated/α-hetero) is 1. The Bertz CT molecular complexity index is 657. The van der Waals surface area contributed by atoms with Gasteiger partial charge in [0.05, 0.1) is 18.2 Å². The van der Waals surface area contributed by atoms with E-state index in [9.17, 15) is 4.79 Å². The van der Waals surface area contributed by atoms with Crippen LogP contribution >= 0.6 is 11.6 Å². The lowest BCUT2D eigenvalue weighted by Gasteiger charge is -2.09. The number of rotatable bonds is 4. The van der Waals surface area contributed by atoms with Crippen LogP contribution in [-0.2, 0) is 6.42 Å². The summed E-state index contributed by atoms with van der Waals surface area (Å²) in [5, 5.41) is 5.17. The van der Waals surface area contributed by atoms with Gasteiger partial charge in [0.15, 0.2) is 5.78 Å². The molecule has 0 bridgehead atoms. The van der Waals surface area contributed by atoms with Crippen molar-refractivity contribution in [1.82, 2.24) is 9.78 Å². The quantitative estimate of drug-likeness (QED) is 0.785. The fraction of sp³-hybridized carbons (Fsp3) is 0.412. The van der Waals surface area contributed by atoms with Gasteiger partial charge in [-0.1, -0.05) is 30.5 Å². The normalized spacial score (nSPS) is 15.5. The summed E-state index contributed by atoms with van der Waals surface area (Å²) < 4.78 is 2.03. The Morgan fingerprint density at radius 2 is 2.10 bits per heavy atom. The third kappa shape index (κ3) is 3.18. The highest BCUT2D eigenvalue weighted by atomic mass is 35.5. The van der Waals surface area contributed by atoms with Crippen LogP contribution in [0.25, 0.3) is 0 Å². The van der Waals surface area contributed by atoms with E-state index in [2.05, 4.69) is 5.10 Å².